The fraction of sp³-hybridized carbons (Fsp3) is 0.250. The van der Waals surface area contributed by atoms with Gasteiger partial charge in [0.05, 0.1) is 23.6 Å². The summed E-state index contributed by atoms with van der Waals surface area (Å²) >= 11 is 0. The smallest absolute Gasteiger partial charge is 0.339 e. The molecule has 8 heteroatoms. The van der Waals surface area contributed by atoms with Crippen LogP contribution in [-0.4, -0.2) is 43.1 Å². The van der Waals surface area contributed by atoms with Crippen molar-refractivity contribution in [1.29, 1.82) is 0 Å². The Morgan fingerprint density at radius 2 is 2.00 bits per heavy atom. The van der Waals surface area contributed by atoms with Gasteiger partial charge in [0.2, 0.25) is 0 Å². The third-order valence-electron chi connectivity index (χ3n) is 4.94. The van der Waals surface area contributed by atoms with Gasteiger partial charge in [-0.2, -0.15) is 0 Å². The second-order valence-electron chi connectivity index (χ2n) is 7.01. The lowest BCUT2D eigenvalue weighted by molar-refractivity contribution is -0.104. The Labute approximate surface area is 184 Å². The van der Waals surface area contributed by atoms with Crippen LogP contribution >= 0.6 is 0 Å². The van der Waals surface area contributed by atoms with Crippen LogP contribution in [0, 0.1) is 5.82 Å². The van der Waals surface area contributed by atoms with Crippen LogP contribution in [0.1, 0.15) is 18.1 Å². The van der Waals surface area contributed by atoms with Crippen LogP contribution in [0.2, 0.25) is 0 Å². The topological polar surface area (TPSA) is 89.2 Å². The molecule has 0 saturated heterocycles. The minimum absolute atomic E-state index is 0.00921. The SMILES string of the molecule is CCN(CCOC)Cc1c(O)ccc2c(Oc3ccc(F)cc3/C=C\C=O)cc(=O)oc12. The van der Waals surface area contributed by atoms with Crippen molar-refractivity contribution in [3.63, 3.8) is 0 Å². The van der Waals surface area contributed by atoms with Gasteiger partial charge < -0.3 is 19.0 Å². The molecule has 0 aliphatic heterocycles. The molecular weight excluding hydrogens is 417 g/mol. The first kappa shape index (κ1) is 23.2. The summed E-state index contributed by atoms with van der Waals surface area (Å²) in [7, 11) is 1.61. The van der Waals surface area contributed by atoms with Gasteiger partial charge in [-0.3, -0.25) is 9.69 Å². The predicted molar refractivity (Wildman–Crippen MR) is 119 cm³/mol. The average molecular weight is 441 g/mol. The van der Waals surface area contributed by atoms with Gasteiger partial charge in [0.15, 0.2) is 0 Å². The van der Waals surface area contributed by atoms with Crippen molar-refractivity contribution in [3.05, 3.63) is 69.8 Å². The lowest BCUT2D eigenvalue weighted by Crippen LogP contribution is -2.26. The number of hydrogen-bond acceptors (Lipinski definition) is 7. The minimum atomic E-state index is -0.661. The van der Waals surface area contributed by atoms with Crippen LogP contribution in [-0.2, 0) is 16.1 Å². The van der Waals surface area contributed by atoms with E-state index in [2.05, 4.69) is 0 Å². The number of phenols is 1. The van der Waals surface area contributed by atoms with Crippen LogP contribution in [0.3, 0.4) is 0 Å². The van der Waals surface area contributed by atoms with E-state index in [1.807, 2.05) is 11.8 Å². The van der Waals surface area contributed by atoms with Gasteiger partial charge in [-0.15, -0.1) is 0 Å². The van der Waals surface area contributed by atoms with Gasteiger partial charge in [0, 0.05) is 25.8 Å². The van der Waals surface area contributed by atoms with Gasteiger partial charge >= 0.3 is 5.63 Å². The Balaban J connectivity index is 2.08. The third kappa shape index (κ3) is 5.40. The fourth-order valence-corrected chi connectivity index (χ4v) is 3.28. The first-order valence-electron chi connectivity index (χ1n) is 10.1. The monoisotopic (exact) mass is 441 g/mol. The molecule has 0 fully saturated rings. The van der Waals surface area contributed by atoms with Crippen LogP contribution in [0.5, 0.6) is 17.2 Å². The molecule has 0 aliphatic rings. The summed E-state index contributed by atoms with van der Waals surface area (Å²) in [5.74, 6) is -0.0700. The van der Waals surface area contributed by atoms with Crippen molar-refractivity contribution < 1.29 is 28.2 Å². The number of fused-ring (bicyclic) bond motifs is 1. The Morgan fingerprint density at radius 1 is 1.19 bits per heavy atom. The number of benzene rings is 2. The largest absolute Gasteiger partial charge is 0.507 e. The number of aromatic hydroxyl groups is 1. The highest BCUT2D eigenvalue weighted by Crippen LogP contribution is 2.36. The van der Waals surface area contributed by atoms with Gasteiger partial charge in [-0.25, -0.2) is 9.18 Å². The van der Waals surface area contributed by atoms with Crippen molar-refractivity contribution in [2.24, 2.45) is 0 Å². The highest BCUT2D eigenvalue weighted by Gasteiger charge is 2.18. The van der Waals surface area contributed by atoms with E-state index >= 15 is 0 Å². The quantitative estimate of drug-likeness (QED) is 0.288. The molecule has 0 spiro atoms. The fourth-order valence-electron chi connectivity index (χ4n) is 3.28. The molecule has 0 radical (unpaired) electrons. The Kier molecular flexibility index (Phi) is 7.75. The molecule has 0 aliphatic carbocycles. The molecular formula is C24H24FNO6. The zero-order valence-electron chi connectivity index (χ0n) is 17.8. The molecule has 1 aromatic heterocycles. The second-order valence-corrected chi connectivity index (χ2v) is 7.01. The molecule has 2 aromatic carbocycles. The number of rotatable bonds is 10. The van der Waals surface area contributed by atoms with E-state index in [0.29, 0.717) is 49.0 Å². The zero-order valence-corrected chi connectivity index (χ0v) is 17.8. The van der Waals surface area contributed by atoms with Crippen molar-refractivity contribution in [1.82, 2.24) is 4.90 Å². The molecule has 3 aromatic rings. The van der Waals surface area contributed by atoms with Crippen molar-refractivity contribution >= 4 is 23.3 Å². The number of likely N-dealkylation sites (N-methyl/N-ethyl adjacent to an activating group) is 1. The summed E-state index contributed by atoms with van der Waals surface area (Å²) in [4.78, 5) is 25.0. The van der Waals surface area contributed by atoms with Gasteiger partial charge in [0.1, 0.15) is 34.9 Å². The number of allylic oxidation sites excluding steroid dienone is 1. The first-order chi connectivity index (χ1) is 15.5. The number of halogens is 1. The molecule has 0 atom stereocenters. The maximum absolute atomic E-state index is 13.7. The highest BCUT2D eigenvalue weighted by atomic mass is 19.1. The van der Waals surface area contributed by atoms with Gasteiger partial charge in [0.25, 0.3) is 0 Å². The van der Waals surface area contributed by atoms with E-state index in [1.54, 1.807) is 13.2 Å². The average Bonchev–Trinajstić information content (AvgIpc) is 2.78. The Bertz CT molecular complexity index is 1190. The van der Waals surface area contributed by atoms with E-state index < -0.39 is 11.4 Å². The molecule has 1 heterocycles. The Morgan fingerprint density at radius 3 is 2.72 bits per heavy atom. The summed E-state index contributed by atoms with van der Waals surface area (Å²) in [6.45, 7) is 4.15. The molecule has 0 amide bonds. The summed E-state index contributed by atoms with van der Waals surface area (Å²) < 4.78 is 30.2. The summed E-state index contributed by atoms with van der Waals surface area (Å²) in [6, 6.07) is 8.12. The lowest BCUT2D eigenvalue weighted by Gasteiger charge is -2.21. The van der Waals surface area contributed by atoms with E-state index in [9.17, 15) is 19.1 Å². The van der Waals surface area contributed by atoms with Crippen molar-refractivity contribution in [2.75, 3.05) is 26.8 Å². The molecule has 3 rings (SSSR count). The van der Waals surface area contributed by atoms with E-state index in [4.69, 9.17) is 13.9 Å². The van der Waals surface area contributed by atoms with Crippen molar-refractivity contribution in [2.45, 2.75) is 13.5 Å². The summed E-state index contributed by atoms with van der Waals surface area (Å²) in [5, 5.41) is 10.9. The standard InChI is InChI=1S/C24H24FNO6/c1-3-26(10-12-30-2)15-19-20(28)8-7-18-22(14-23(29)32-24(18)19)31-21-9-6-17(25)13-16(21)5-4-11-27/h4-9,11,13-14,28H,3,10,12,15H2,1-2H3/b5-4-. The van der Waals surface area contributed by atoms with Gasteiger partial charge in [-0.1, -0.05) is 6.92 Å². The number of carbonyl (C=O) groups is 1. The molecule has 7 nitrogen and oxygen atoms in total. The molecule has 32 heavy (non-hydrogen) atoms. The van der Waals surface area contributed by atoms with E-state index in [1.165, 1.54) is 42.5 Å². The molecule has 0 unspecified atom stereocenters. The first-order valence-corrected chi connectivity index (χ1v) is 10.1. The van der Waals surface area contributed by atoms with Gasteiger partial charge in [-0.05, 0) is 49.0 Å². The van der Waals surface area contributed by atoms with Crippen LogP contribution in [0.25, 0.3) is 17.0 Å². The van der Waals surface area contributed by atoms with Crippen molar-refractivity contribution in [3.8, 4) is 17.2 Å². The zero-order chi connectivity index (χ0) is 23.1. The van der Waals surface area contributed by atoms with Crippen LogP contribution < -0.4 is 10.4 Å². The molecule has 1 N–H and O–H groups in total. The highest BCUT2D eigenvalue weighted by molar-refractivity contribution is 5.88. The maximum Gasteiger partial charge on any atom is 0.339 e. The molecule has 168 valence electrons. The van der Waals surface area contributed by atoms with Crippen LogP contribution in [0.4, 0.5) is 4.39 Å². The number of ether oxygens (including phenoxy) is 2. The third-order valence-corrected chi connectivity index (χ3v) is 4.94. The minimum Gasteiger partial charge on any atom is -0.507 e. The summed E-state index contributed by atoms with van der Waals surface area (Å²) in [6.07, 6.45) is 3.19. The normalized spacial score (nSPS) is 11.5. The van der Waals surface area contributed by atoms with E-state index in [-0.39, 0.29) is 22.8 Å². The summed E-state index contributed by atoms with van der Waals surface area (Å²) in [5.41, 5.74) is 0.319. The second kappa shape index (κ2) is 10.7. The Hall–Kier alpha value is -3.49. The molecule has 0 bridgehead atoms. The number of hydrogen-bond donors (Lipinski definition) is 1. The maximum atomic E-state index is 13.7. The predicted octanol–water partition coefficient (Wildman–Crippen LogP) is 4.11. The number of aldehydes is 1. The molecule has 0 saturated carbocycles. The van der Waals surface area contributed by atoms with E-state index in [0.717, 1.165) is 0 Å². The van der Waals surface area contributed by atoms with Crippen LogP contribution in [0.15, 0.2) is 51.7 Å². The number of nitrogens with zero attached hydrogens (tertiary/aromatic N) is 1. The number of phenolic OH excluding ortho intramolecular Hbond substituents is 1. The lowest BCUT2D eigenvalue weighted by atomic mass is 10.1. The number of methoxy groups -OCH3 is 1. The number of carbonyl (C=O) groups excluding carboxylic acids is 1.